The summed E-state index contributed by atoms with van der Waals surface area (Å²) in [5, 5.41) is 9.85. The van der Waals surface area contributed by atoms with E-state index in [-0.39, 0.29) is 17.7 Å². The minimum atomic E-state index is -1.15. The Kier molecular flexibility index (Phi) is 7.23. The van der Waals surface area contributed by atoms with E-state index < -0.39 is 24.1 Å². The van der Waals surface area contributed by atoms with Crippen LogP contribution in [0.2, 0.25) is 0 Å². The molecule has 2 aromatic carbocycles. The van der Waals surface area contributed by atoms with Gasteiger partial charge in [0, 0.05) is 33.8 Å². The standard InChI is InChI=1S/C27H27NO6/c1-2-3-4-7-13-34-22-12-8-10-18-24(19-14-28-21-11-6-5-9-17(19)21)20(15-33-16-23(29)30)26(31)27(32)25(18)22/h5-6,8-12,14,28H,2-4,7,13,15-16H2,1H3,(H,29,30). The number of aromatic amines is 1. The highest BCUT2D eigenvalue weighted by atomic mass is 16.5. The Labute approximate surface area is 197 Å². The van der Waals surface area contributed by atoms with Gasteiger partial charge in [-0.25, -0.2) is 4.79 Å². The Balaban J connectivity index is 1.81. The quantitative estimate of drug-likeness (QED) is 0.314. The highest BCUT2D eigenvalue weighted by Gasteiger charge is 2.36. The van der Waals surface area contributed by atoms with Crippen molar-refractivity contribution < 1.29 is 29.0 Å². The number of nitrogens with one attached hydrogen (secondary N) is 1. The number of ketones is 2. The zero-order valence-corrected chi connectivity index (χ0v) is 19.1. The number of hydrogen-bond donors (Lipinski definition) is 2. The molecular formula is C27H27NO6. The van der Waals surface area contributed by atoms with E-state index in [1.165, 1.54) is 0 Å². The number of benzene rings is 2. The van der Waals surface area contributed by atoms with Gasteiger partial charge in [-0.05, 0) is 24.1 Å². The highest BCUT2D eigenvalue weighted by molar-refractivity contribution is 6.53. The molecule has 0 radical (unpaired) electrons. The first-order chi connectivity index (χ1) is 16.5. The topological polar surface area (TPSA) is 106 Å². The molecule has 0 atom stereocenters. The van der Waals surface area contributed by atoms with Crippen molar-refractivity contribution in [2.45, 2.75) is 32.6 Å². The summed E-state index contributed by atoms with van der Waals surface area (Å²) in [4.78, 5) is 40.7. The molecule has 1 aromatic heterocycles. The van der Waals surface area contributed by atoms with Crippen molar-refractivity contribution >= 4 is 34.0 Å². The molecule has 0 saturated heterocycles. The summed E-state index contributed by atoms with van der Waals surface area (Å²) in [6.45, 7) is 1.74. The zero-order chi connectivity index (χ0) is 24.1. The number of H-pyrrole nitrogens is 1. The third kappa shape index (κ3) is 4.65. The number of carboxylic acids is 1. The lowest BCUT2D eigenvalue weighted by molar-refractivity contribution is -0.142. The lowest BCUT2D eigenvalue weighted by Gasteiger charge is -2.23. The molecule has 0 spiro atoms. The van der Waals surface area contributed by atoms with Crippen molar-refractivity contribution in [3.8, 4) is 5.75 Å². The second kappa shape index (κ2) is 10.5. The summed E-state index contributed by atoms with van der Waals surface area (Å²) in [6.07, 6.45) is 5.91. The number of carbonyl (C=O) groups is 3. The Hall–Kier alpha value is -3.71. The fourth-order valence-electron chi connectivity index (χ4n) is 4.30. The van der Waals surface area contributed by atoms with Crippen LogP contribution in [0.4, 0.5) is 0 Å². The van der Waals surface area contributed by atoms with E-state index in [1.54, 1.807) is 24.4 Å². The number of aromatic nitrogens is 1. The number of ether oxygens (including phenoxy) is 2. The fourth-order valence-corrected chi connectivity index (χ4v) is 4.30. The van der Waals surface area contributed by atoms with Gasteiger partial charge in [0.15, 0.2) is 0 Å². The molecule has 0 bridgehead atoms. The fraction of sp³-hybridized carbons (Fsp3) is 0.296. The van der Waals surface area contributed by atoms with Crippen LogP contribution >= 0.6 is 0 Å². The molecule has 0 unspecified atom stereocenters. The number of aliphatic carboxylic acids is 1. The van der Waals surface area contributed by atoms with E-state index in [9.17, 15) is 14.4 Å². The number of carbonyl (C=O) groups excluding carboxylic acids is 2. The summed E-state index contributed by atoms with van der Waals surface area (Å²) < 4.78 is 11.2. The van der Waals surface area contributed by atoms with Crippen molar-refractivity contribution in [1.82, 2.24) is 4.98 Å². The average Bonchev–Trinajstić information content (AvgIpc) is 3.25. The Bertz CT molecular complexity index is 1270. The van der Waals surface area contributed by atoms with Gasteiger partial charge in [0.05, 0.1) is 18.8 Å². The smallest absolute Gasteiger partial charge is 0.329 e. The normalized spacial score (nSPS) is 13.4. The number of Topliss-reactive ketones (excluding diaryl/α,β-unsaturated/α-hetero) is 2. The molecule has 1 aliphatic carbocycles. The Morgan fingerprint density at radius 2 is 1.79 bits per heavy atom. The van der Waals surface area contributed by atoms with Gasteiger partial charge in [-0.1, -0.05) is 56.5 Å². The van der Waals surface area contributed by atoms with Gasteiger partial charge in [-0.3, -0.25) is 9.59 Å². The molecule has 176 valence electrons. The van der Waals surface area contributed by atoms with Crippen molar-refractivity contribution in [1.29, 1.82) is 0 Å². The first-order valence-electron chi connectivity index (χ1n) is 11.5. The van der Waals surface area contributed by atoms with Crippen LogP contribution < -0.4 is 4.74 Å². The van der Waals surface area contributed by atoms with Gasteiger partial charge in [-0.15, -0.1) is 0 Å². The Morgan fingerprint density at radius 1 is 0.971 bits per heavy atom. The number of unbranched alkanes of at least 4 members (excludes halogenated alkanes) is 3. The predicted octanol–water partition coefficient (Wildman–Crippen LogP) is 4.80. The Morgan fingerprint density at radius 3 is 2.59 bits per heavy atom. The molecule has 34 heavy (non-hydrogen) atoms. The van der Waals surface area contributed by atoms with E-state index in [0.717, 1.165) is 42.1 Å². The maximum absolute atomic E-state index is 13.3. The van der Waals surface area contributed by atoms with Crippen molar-refractivity contribution in [2.24, 2.45) is 0 Å². The van der Waals surface area contributed by atoms with Crippen LogP contribution in [-0.2, 0) is 14.3 Å². The monoisotopic (exact) mass is 461 g/mol. The van der Waals surface area contributed by atoms with Crippen LogP contribution in [0.5, 0.6) is 5.75 Å². The third-order valence-electron chi connectivity index (χ3n) is 5.89. The van der Waals surface area contributed by atoms with E-state index in [0.29, 0.717) is 23.5 Å². The molecule has 2 N–H and O–H groups in total. The minimum Gasteiger partial charge on any atom is -0.493 e. The van der Waals surface area contributed by atoms with Gasteiger partial charge < -0.3 is 19.6 Å². The molecule has 3 aromatic rings. The second-order valence-electron chi connectivity index (χ2n) is 8.23. The minimum absolute atomic E-state index is 0.142. The maximum atomic E-state index is 13.3. The third-order valence-corrected chi connectivity index (χ3v) is 5.89. The molecule has 0 amide bonds. The first kappa shape index (κ1) is 23.4. The number of carboxylic acid groups (broad SMARTS) is 1. The number of para-hydroxylation sites is 1. The molecule has 4 rings (SSSR count). The van der Waals surface area contributed by atoms with Gasteiger partial charge in [0.2, 0.25) is 11.6 Å². The molecular weight excluding hydrogens is 434 g/mol. The summed E-state index contributed by atoms with van der Waals surface area (Å²) in [6, 6.07) is 13.0. The number of hydrogen-bond acceptors (Lipinski definition) is 5. The van der Waals surface area contributed by atoms with E-state index in [1.807, 2.05) is 24.3 Å². The largest absolute Gasteiger partial charge is 0.493 e. The summed E-state index contributed by atoms with van der Waals surface area (Å²) >= 11 is 0. The predicted molar refractivity (Wildman–Crippen MR) is 128 cm³/mol. The van der Waals surface area contributed by atoms with Gasteiger partial charge in [0.25, 0.3) is 0 Å². The van der Waals surface area contributed by atoms with Crippen molar-refractivity contribution in [3.05, 3.63) is 70.9 Å². The SMILES string of the molecule is CCCCCCOc1cccc2c1C(=O)C(=O)C(COCC(=O)O)=C2c1c[nH]c2ccccc12. The van der Waals surface area contributed by atoms with Gasteiger partial charge in [0.1, 0.15) is 12.4 Å². The molecule has 1 aliphatic rings. The van der Waals surface area contributed by atoms with Gasteiger partial charge in [-0.2, -0.15) is 0 Å². The highest BCUT2D eigenvalue weighted by Crippen LogP contribution is 2.41. The van der Waals surface area contributed by atoms with Gasteiger partial charge >= 0.3 is 5.97 Å². The molecule has 0 aliphatic heterocycles. The van der Waals surface area contributed by atoms with Crippen LogP contribution in [0.3, 0.4) is 0 Å². The second-order valence-corrected chi connectivity index (χ2v) is 8.23. The van der Waals surface area contributed by atoms with Crippen LogP contribution in [0.1, 0.15) is 54.1 Å². The van der Waals surface area contributed by atoms with Crippen LogP contribution in [0.25, 0.3) is 16.5 Å². The molecule has 7 heteroatoms. The lowest BCUT2D eigenvalue weighted by Crippen LogP contribution is -2.28. The van der Waals surface area contributed by atoms with Crippen molar-refractivity contribution in [2.75, 3.05) is 19.8 Å². The van der Waals surface area contributed by atoms with Crippen molar-refractivity contribution in [3.63, 3.8) is 0 Å². The molecule has 1 heterocycles. The first-order valence-corrected chi connectivity index (χ1v) is 11.5. The summed E-state index contributed by atoms with van der Waals surface area (Å²) in [7, 11) is 0. The summed E-state index contributed by atoms with van der Waals surface area (Å²) in [5.41, 5.74) is 3.14. The van der Waals surface area contributed by atoms with E-state index >= 15 is 0 Å². The van der Waals surface area contributed by atoms with E-state index in [2.05, 4.69) is 11.9 Å². The molecule has 7 nitrogen and oxygen atoms in total. The van der Waals surface area contributed by atoms with Crippen LogP contribution in [0.15, 0.2) is 54.2 Å². The summed E-state index contributed by atoms with van der Waals surface area (Å²) in [5.74, 6) is -2.14. The zero-order valence-electron chi connectivity index (χ0n) is 19.1. The van der Waals surface area contributed by atoms with Crippen LogP contribution in [0, 0.1) is 0 Å². The van der Waals surface area contributed by atoms with Crippen LogP contribution in [-0.4, -0.2) is 47.4 Å². The average molecular weight is 462 g/mol. The maximum Gasteiger partial charge on any atom is 0.329 e. The van der Waals surface area contributed by atoms with E-state index in [4.69, 9.17) is 14.6 Å². The molecule has 0 saturated carbocycles. The lowest BCUT2D eigenvalue weighted by atomic mass is 9.80. The molecule has 0 fully saturated rings. The number of fused-ring (bicyclic) bond motifs is 2. The number of rotatable bonds is 11.